The van der Waals surface area contributed by atoms with Gasteiger partial charge < -0.3 is 9.88 Å². The second-order valence-electron chi connectivity index (χ2n) is 6.35. The molecule has 0 aliphatic rings. The third-order valence-electron chi connectivity index (χ3n) is 4.60. The van der Waals surface area contributed by atoms with Crippen molar-refractivity contribution >= 4 is 22.5 Å². The van der Waals surface area contributed by atoms with Gasteiger partial charge in [0, 0.05) is 37.6 Å². The van der Waals surface area contributed by atoms with E-state index in [0.29, 0.717) is 6.42 Å². The summed E-state index contributed by atoms with van der Waals surface area (Å²) in [6.45, 7) is 3.88. The Bertz CT molecular complexity index is 888. The summed E-state index contributed by atoms with van der Waals surface area (Å²) in [4.78, 5) is 12.2. The Morgan fingerprint density at radius 2 is 1.96 bits per heavy atom. The van der Waals surface area contributed by atoms with Crippen LogP contribution in [-0.4, -0.2) is 20.3 Å². The summed E-state index contributed by atoms with van der Waals surface area (Å²) in [5.41, 5.74) is 5.22. The maximum absolute atomic E-state index is 12.2. The Kier molecular flexibility index (Phi) is 4.42. The summed E-state index contributed by atoms with van der Waals surface area (Å²) in [5.74, 6) is 0.0504. The summed E-state index contributed by atoms with van der Waals surface area (Å²) in [6.07, 6.45) is 4.41. The highest BCUT2D eigenvalue weighted by Crippen LogP contribution is 2.22. The number of hydrogen-bond acceptors (Lipinski definition) is 2. The number of carbonyl (C=O) groups excluding carboxylic acids is 1. The topological polar surface area (TPSA) is 51.9 Å². The van der Waals surface area contributed by atoms with Gasteiger partial charge in [-0.1, -0.05) is 18.2 Å². The van der Waals surface area contributed by atoms with Crippen molar-refractivity contribution in [2.75, 3.05) is 5.32 Å². The molecule has 126 valence electrons. The molecule has 0 atom stereocenters. The minimum absolute atomic E-state index is 0.0504. The molecule has 5 nitrogen and oxygen atoms in total. The third kappa shape index (κ3) is 3.07. The van der Waals surface area contributed by atoms with E-state index < -0.39 is 0 Å². The van der Waals surface area contributed by atoms with E-state index in [2.05, 4.69) is 52.5 Å². The number of aryl methyl sites for hydroxylation is 4. The summed E-state index contributed by atoms with van der Waals surface area (Å²) in [7, 11) is 3.95. The van der Waals surface area contributed by atoms with Crippen LogP contribution in [0.5, 0.6) is 0 Å². The Balaban J connectivity index is 1.60. The van der Waals surface area contributed by atoms with Crippen LogP contribution in [0.3, 0.4) is 0 Å². The zero-order valence-corrected chi connectivity index (χ0v) is 14.8. The first-order valence-electron chi connectivity index (χ1n) is 8.30. The minimum atomic E-state index is 0.0504. The number of nitrogens with one attached hydrogen (secondary N) is 1. The minimum Gasteiger partial charge on any atom is -0.350 e. The SMILES string of the molecule is Cc1nn(C)c(C)c1NC(=O)CCCc1cn(C)c2ccccc12. The Morgan fingerprint density at radius 3 is 2.67 bits per heavy atom. The lowest BCUT2D eigenvalue weighted by Gasteiger charge is -2.05. The first-order valence-corrected chi connectivity index (χ1v) is 8.30. The van der Waals surface area contributed by atoms with Crippen molar-refractivity contribution in [2.45, 2.75) is 33.1 Å². The summed E-state index contributed by atoms with van der Waals surface area (Å²) in [5, 5.41) is 8.61. The van der Waals surface area contributed by atoms with Crippen LogP contribution in [0.4, 0.5) is 5.69 Å². The Hall–Kier alpha value is -2.56. The lowest BCUT2D eigenvalue weighted by atomic mass is 10.1. The van der Waals surface area contributed by atoms with Crippen LogP contribution >= 0.6 is 0 Å². The van der Waals surface area contributed by atoms with Crippen molar-refractivity contribution in [3.05, 3.63) is 47.4 Å². The molecule has 0 radical (unpaired) electrons. The molecule has 0 aliphatic carbocycles. The number of para-hydroxylation sites is 1. The van der Waals surface area contributed by atoms with Crippen molar-refractivity contribution in [3.8, 4) is 0 Å². The first-order chi connectivity index (χ1) is 11.5. The highest BCUT2D eigenvalue weighted by Gasteiger charge is 2.13. The van der Waals surface area contributed by atoms with Crippen LogP contribution in [0.1, 0.15) is 29.8 Å². The van der Waals surface area contributed by atoms with Gasteiger partial charge >= 0.3 is 0 Å². The molecule has 0 saturated carbocycles. The van der Waals surface area contributed by atoms with E-state index in [0.717, 1.165) is 29.9 Å². The summed E-state index contributed by atoms with van der Waals surface area (Å²) < 4.78 is 3.94. The molecule has 3 rings (SSSR count). The lowest BCUT2D eigenvalue weighted by Crippen LogP contribution is -2.12. The molecule has 0 bridgehead atoms. The van der Waals surface area contributed by atoms with Gasteiger partial charge in [-0.25, -0.2) is 0 Å². The largest absolute Gasteiger partial charge is 0.350 e. The molecule has 0 spiro atoms. The van der Waals surface area contributed by atoms with Gasteiger partial charge in [-0.2, -0.15) is 5.10 Å². The van der Waals surface area contributed by atoms with Gasteiger partial charge in [0.05, 0.1) is 17.1 Å². The smallest absolute Gasteiger partial charge is 0.224 e. The normalized spacial score (nSPS) is 11.2. The maximum Gasteiger partial charge on any atom is 0.224 e. The zero-order valence-electron chi connectivity index (χ0n) is 14.8. The number of benzene rings is 1. The van der Waals surface area contributed by atoms with E-state index in [9.17, 15) is 4.79 Å². The molecule has 2 aromatic heterocycles. The average molecular weight is 324 g/mol. The van der Waals surface area contributed by atoms with Gasteiger partial charge in [0.2, 0.25) is 5.91 Å². The maximum atomic E-state index is 12.2. The van der Waals surface area contributed by atoms with Crippen LogP contribution in [-0.2, 0) is 25.3 Å². The van der Waals surface area contributed by atoms with Gasteiger partial charge in [0.15, 0.2) is 0 Å². The fraction of sp³-hybridized carbons (Fsp3) is 0.368. The standard InChI is InChI=1S/C19H24N4O/c1-13-19(14(2)23(4)21-13)20-18(24)11-7-8-15-12-22(3)17-10-6-5-9-16(15)17/h5-6,9-10,12H,7-8,11H2,1-4H3,(H,20,24). The van der Waals surface area contributed by atoms with E-state index >= 15 is 0 Å². The number of nitrogens with zero attached hydrogens (tertiary/aromatic N) is 3. The summed E-state index contributed by atoms with van der Waals surface area (Å²) in [6, 6.07) is 8.39. The molecule has 2 heterocycles. The molecule has 24 heavy (non-hydrogen) atoms. The number of hydrogen-bond donors (Lipinski definition) is 1. The van der Waals surface area contributed by atoms with Gasteiger partial charge in [0.25, 0.3) is 0 Å². The van der Waals surface area contributed by atoms with Crippen LogP contribution in [0.2, 0.25) is 0 Å². The quantitative estimate of drug-likeness (QED) is 0.781. The molecule has 3 aromatic rings. The Labute approximate surface area is 142 Å². The highest BCUT2D eigenvalue weighted by molar-refractivity contribution is 5.92. The molecule has 0 aliphatic heterocycles. The third-order valence-corrected chi connectivity index (χ3v) is 4.60. The highest BCUT2D eigenvalue weighted by atomic mass is 16.1. The molecular weight excluding hydrogens is 300 g/mol. The summed E-state index contributed by atoms with van der Waals surface area (Å²) >= 11 is 0. The fourth-order valence-corrected chi connectivity index (χ4v) is 3.22. The van der Waals surface area contributed by atoms with Crippen molar-refractivity contribution in [3.63, 3.8) is 0 Å². The number of fused-ring (bicyclic) bond motifs is 1. The van der Waals surface area contributed by atoms with E-state index in [1.807, 2.05) is 20.9 Å². The molecule has 1 amide bonds. The average Bonchev–Trinajstić information content (AvgIpc) is 3.00. The zero-order chi connectivity index (χ0) is 17.3. The van der Waals surface area contributed by atoms with Crippen molar-refractivity contribution in [1.82, 2.24) is 14.3 Å². The van der Waals surface area contributed by atoms with Gasteiger partial charge in [-0.15, -0.1) is 0 Å². The van der Waals surface area contributed by atoms with E-state index in [1.54, 1.807) is 4.68 Å². The number of anilines is 1. The number of aromatic nitrogens is 3. The predicted molar refractivity (Wildman–Crippen MR) is 97.2 cm³/mol. The number of amides is 1. The number of rotatable bonds is 5. The molecule has 0 fully saturated rings. The second-order valence-corrected chi connectivity index (χ2v) is 6.35. The molecule has 0 unspecified atom stereocenters. The van der Waals surface area contributed by atoms with Crippen LogP contribution in [0, 0.1) is 13.8 Å². The molecule has 0 saturated heterocycles. The fourth-order valence-electron chi connectivity index (χ4n) is 3.22. The van der Waals surface area contributed by atoms with E-state index in [1.165, 1.54) is 16.5 Å². The molecular formula is C19H24N4O. The first kappa shape index (κ1) is 16.3. The molecule has 1 aromatic carbocycles. The van der Waals surface area contributed by atoms with Gasteiger partial charge in [-0.3, -0.25) is 9.48 Å². The van der Waals surface area contributed by atoms with Crippen LogP contribution in [0.25, 0.3) is 10.9 Å². The number of carbonyl (C=O) groups is 1. The Morgan fingerprint density at radius 1 is 1.21 bits per heavy atom. The van der Waals surface area contributed by atoms with Gasteiger partial charge in [0.1, 0.15) is 0 Å². The predicted octanol–water partition coefficient (Wildman–Crippen LogP) is 3.49. The van der Waals surface area contributed by atoms with E-state index in [-0.39, 0.29) is 5.91 Å². The molecule has 1 N–H and O–H groups in total. The lowest BCUT2D eigenvalue weighted by molar-refractivity contribution is -0.116. The van der Waals surface area contributed by atoms with Crippen molar-refractivity contribution < 1.29 is 4.79 Å². The second kappa shape index (κ2) is 6.51. The monoisotopic (exact) mass is 324 g/mol. The molecule has 5 heteroatoms. The van der Waals surface area contributed by atoms with E-state index in [4.69, 9.17) is 0 Å². The van der Waals surface area contributed by atoms with Crippen molar-refractivity contribution in [2.24, 2.45) is 14.1 Å². The van der Waals surface area contributed by atoms with Crippen LogP contribution < -0.4 is 5.32 Å². The van der Waals surface area contributed by atoms with Gasteiger partial charge in [-0.05, 0) is 38.3 Å². The van der Waals surface area contributed by atoms with Crippen molar-refractivity contribution in [1.29, 1.82) is 0 Å². The van der Waals surface area contributed by atoms with Crippen LogP contribution in [0.15, 0.2) is 30.5 Å².